The van der Waals surface area contributed by atoms with Crippen LogP contribution < -0.4 is 0 Å². The number of nitrogens with zero attached hydrogens (tertiary/aromatic N) is 4. The first kappa shape index (κ1) is 15.1. The number of hydrogen-bond donors (Lipinski definition) is 0. The van der Waals surface area contributed by atoms with Crippen molar-refractivity contribution in [2.45, 2.75) is 30.2 Å². The van der Waals surface area contributed by atoms with Crippen molar-refractivity contribution in [3.05, 3.63) is 40.6 Å². The van der Waals surface area contributed by atoms with Gasteiger partial charge in [0, 0.05) is 18.9 Å². The Bertz CT molecular complexity index is 796. The second-order valence-electron chi connectivity index (χ2n) is 4.96. The van der Waals surface area contributed by atoms with E-state index in [1.807, 2.05) is 6.07 Å². The lowest BCUT2D eigenvalue weighted by atomic mass is 10.0. The van der Waals surface area contributed by atoms with Gasteiger partial charge in [-0.1, -0.05) is 6.42 Å². The molecular formula is C14H14N4O2S2. The minimum Gasteiger partial charge on any atom is -0.240 e. The zero-order chi connectivity index (χ0) is 15.6. The van der Waals surface area contributed by atoms with Gasteiger partial charge in [0.05, 0.1) is 6.04 Å². The van der Waals surface area contributed by atoms with Gasteiger partial charge in [0.2, 0.25) is 10.0 Å². The smallest absolute Gasteiger partial charge is 0.240 e. The molecule has 1 unspecified atom stereocenters. The van der Waals surface area contributed by atoms with Crippen LogP contribution in [-0.4, -0.2) is 29.2 Å². The van der Waals surface area contributed by atoms with Crippen molar-refractivity contribution >= 4 is 21.4 Å². The van der Waals surface area contributed by atoms with E-state index in [9.17, 15) is 8.42 Å². The second kappa shape index (κ2) is 6.12. The molecule has 2 aromatic heterocycles. The molecule has 0 aliphatic carbocycles. The summed E-state index contributed by atoms with van der Waals surface area (Å²) in [6.45, 7) is 0.423. The van der Waals surface area contributed by atoms with Gasteiger partial charge in [-0.3, -0.25) is 0 Å². The predicted molar refractivity (Wildman–Crippen MR) is 81.5 cm³/mol. The molecule has 8 heteroatoms. The fourth-order valence-electron chi connectivity index (χ4n) is 2.64. The maximum atomic E-state index is 12.9. The third-order valence-corrected chi connectivity index (χ3v) is 6.55. The molecule has 0 aromatic carbocycles. The average molecular weight is 334 g/mol. The molecular weight excluding hydrogens is 320 g/mol. The largest absolute Gasteiger partial charge is 0.245 e. The highest BCUT2D eigenvalue weighted by Gasteiger charge is 2.37. The van der Waals surface area contributed by atoms with Gasteiger partial charge in [0.25, 0.3) is 0 Å². The van der Waals surface area contributed by atoms with E-state index >= 15 is 0 Å². The van der Waals surface area contributed by atoms with Crippen LogP contribution in [0.15, 0.2) is 34.8 Å². The highest BCUT2D eigenvalue weighted by molar-refractivity contribution is 7.89. The molecule has 1 atom stereocenters. The maximum Gasteiger partial charge on any atom is 0.245 e. The van der Waals surface area contributed by atoms with Crippen molar-refractivity contribution in [3.63, 3.8) is 0 Å². The van der Waals surface area contributed by atoms with Gasteiger partial charge in [-0.2, -0.15) is 9.57 Å². The molecule has 0 radical (unpaired) electrons. The zero-order valence-electron chi connectivity index (χ0n) is 11.7. The number of hydrogen-bond acceptors (Lipinski definition) is 6. The Hall–Kier alpha value is -1.82. The lowest BCUT2D eigenvalue weighted by Crippen LogP contribution is -2.39. The standard InChI is InChI=1S/C14H14N4O2S2/c15-10-12-13(5-9-21-12)22(19,20)18-8-2-1-4-11(18)14-16-6-3-7-17-14/h3,5-7,9,11H,1-2,4,8H2. The van der Waals surface area contributed by atoms with Gasteiger partial charge in [-0.05, 0) is 30.4 Å². The molecule has 0 bridgehead atoms. The molecule has 114 valence electrons. The summed E-state index contributed by atoms with van der Waals surface area (Å²) >= 11 is 1.14. The van der Waals surface area contributed by atoms with Crippen LogP contribution in [0.1, 0.15) is 36.0 Å². The molecule has 0 spiro atoms. The highest BCUT2D eigenvalue weighted by Crippen LogP contribution is 2.35. The van der Waals surface area contributed by atoms with Crippen LogP contribution in [0.5, 0.6) is 0 Å². The van der Waals surface area contributed by atoms with E-state index < -0.39 is 10.0 Å². The quantitative estimate of drug-likeness (QED) is 0.859. The minimum atomic E-state index is -3.72. The molecule has 3 heterocycles. The second-order valence-corrected chi connectivity index (χ2v) is 7.74. The van der Waals surface area contributed by atoms with E-state index in [4.69, 9.17) is 5.26 Å². The van der Waals surface area contributed by atoms with Gasteiger partial charge in [-0.25, -0.2) is 18.4 Å². The summed E-state index contributed by atoms with van der Waals surface area (Å²) in [5.41, 5.74) is 0. The normalized spacial score (nSPS) is 19.7. The molecule has 3 rings (SSSR count). The van der Waals surface area contributed by atoms with Gasteiger partial charge in [0.1, 0.15) is 21.7 Å². The summed E-state index contributed by atoms with van der Waals surface area (Å²) in [5.74, 6) is 0.513. The van der Waals surface area contributed by atoms with Crippen molar-refractivity contribution in [1.29, 1.82) is 5.26 Å². The van der Waals surface area contributed by atoms with Crippen LogP contribution in [0.4, 0.5) is 0 Å². The van der Waals surface area contributed by atoms with Crippen LogP contribution in [-0.2, 0) is 10.0 Å². The molecule has 22 heavy (non-hydrogen) atoms. The molecule has 0 N–H and O–H groups in total. The Labute approximate surface area is 133 Å². The average Bonchev–Trinajstić information content (AvgIpc) is 3.05. The van der Waals surface area contributed by atoms with Crippen LogP contribution >= 0.6 is 11.3 Å². The number of thiophene rings is 1. The lowest BCUT2D eigenvalue weighted by molar-refractivity contribution is 0.246. The predicted octanol–water partition coefficient (Wildman–Crippen LogP) is 2.33. The Kier molecular flexibility index (Phi) is 4.20. The monoisotopic (exact) mass is 334 g/mol. The fraction of sp³-hybridized carbons (Fsp3) is 0.357. The number of piperidine rings is 1. The minimum absolute atomic E-state index is 0.0860. The topological polar surface area (TPSA) is 87.0 Å². The van der Waals surface area contributed by atoms with E-state index in [1.54, 1.807) is 23.8 Å². The van der Waals surface area contributed by atoms with Crippen molar-refractivity contribution < 1.29 is 8.42 Å². The Morgan fingerprint density at radius 3 is 2.82 bits per heavy atom. The maximum absolute atomic E-state index is 12.9. The van der Waals surface area contributed by atoms with Crippen LogP contribution in [0.25, 0.3) is 0 Å². The summed E-state index contributed by atoms with van der Waals surface area (Å²) < 4.78 is 27.3. The summed E-state index contributed by atoms with van der Waals surface area (Å²) in [7, 11) is -3.72. The third-order valence-electron chi connectivity index (χ3n) is 3.65. The summed E-state index contributed by atoms with van der Waals surface area (Å²) in [4.78, 5) is 8.73. The first-order chi connectivity index (χ1) is 10.6. The summed E-state index contributed by atoms with van der Waals surface area (Å²) in [6, 6.07) is 4.79. The molecule has 1 fully saturated rings. The Morgan fingerprint density at radius 2 is 2.09 bits per heavy atom. The first-order valence-corrected chi connectivity index (χ1v) is 9.23. The van der Waals surface area contributed by atoms with Crippen LogP contribution in [0.3, 0.4) is 0 Å². The molecule has 6 nitrogen and oxygen atoms in total. The number of aromatic nitrogens is 2. The van der Waals surface area contributed by atoms with Gasteiger partial charge in [-0.15, -0.1) is 11.3 Å². The van der Waals surface area contributed by atoms with E-state index in [0.29, 0.717) is 18.8 Å². The lowest BCUT2D eigenvalue weighted by Gasteiger charge is -2.33. The van der Waals surface area contributed by atoms with Crippen molar-refractivity contribution in [2.24, 2.45) is 0 Å². The number of nitriles is 1. The fourth-order valence-corrected chi connectivity index (χ4v) is 5.44. The molecule has 0 saturated carbocycles. The summed E-state index contributed by atoms with van der Waals surface area (Å²) in [6.07, 6.45) is 5.66. The zero-order valence-corrected chi connectivity index (χ0v) is 13.3. The van der Waals surface area contributed by atoms with Crippen molar-refractivity contribution in [3.8, 4) is 6.07 Å². The molecule has 0 amide bonds. The van der Waals surface area contributed by atoms with E-state index in [1.165, 1.54) is 10.4 Å². The number of sulfonamides is 1. The molecule has 2 aromatic rings. The van der Waals surface area contributed by atoms with Gasteiger partial charge >= 0.3 is 0 Å². The SMILES string of the molecule is N#Cc1sccc1S(=O)(=O)N1CCCCC1c1ncccn1. The highest BCUT2D eigenvalue weighted by atomic mass is 32.2. The number of rotatable bonds is 3. The molecule has 1 aliphatic heterocycles. The Balaban J connectivity index is 2.02. The Morgan fingerprint density at radius 1 is 1.32 bits per heavy atom. The first-order valence-electron chi connectivity index (χ1n) is 6.91. The molecule has 1 saturated heterocycles. The van der Waals surface area contributed by atoms with Gasteiger partial charge in [0.15, 0.2) is 0 Å². The van der Waals surface area contributed by atoms with E-state index in [-0.39, 0.29) is 15.8 Å². The van der Waals surface area contributed by atoms with E-state index in [0.717, 1.165) is 24.2 Å². The van der Waals surface area contributed by atoms with Crippen LogP contribution in [0.2, 0.25) is 0 Å². The molecule has 1 aliphatic rings. The van der Waals surface area contributed by atoms with E-state index in [2.05, 4.69) is 9.97 Å². The van der Waals surface area contributed by atoms with Crippen LogP contribution in [0, 0.1) is 11.3 Å². The third kappa shape index (κ3) is 2.63. The van der Waals surface area contributed by atoms with Crippen molar-refractivity contribution in [1.82, 2.24) is 14.3 Å². The van der Waals surface area contributed by atoms with Gasteiger partial charge < -0.3 is 0 Å². The van der Waals surface area contributed by atoms with Crippen molar-refractivity contribution in [2.75, 3.05) is 6.54 Å². The summed E-state index contributed by atoms with van der Waals surface area (Å²) in [5, 5.41) is 10.7.